The van der Waals surface area contributed by atoms with Crippen LogP contribution in [0.25, 0.3) is 0 Å². The normalized spacial score (nSPS) is 9.95. The van der Waals surface area contributed by atoms with Crippen LogP contribution in [0, 0.1) is 0 Å². The molecule has 0 aliphatic carbocycles. The van der Waals surface area contributed by atoms with E-state index in [-0.39, 0.29) is 5.97 Å². The quantitative estimate of drug-likeness (QED) is 0.224. The maximum atomic E-state index is 11.5. The molecule has 0 radical (unpaired) electrons. The molecule has 0 spiro atoms. The second kappa shape index (κ2) is 10.6. The molecule has 0 atom stereocenters. The lowest BCUT2D eigenvalue weighted by atomic mass is 10.1. The van der Waals surface area contributed by atoms with E-state index in [0.717, 1.165) is 12.8 Å². The minimum atomic E-state index is -0.253. The van der Waals surface area contributed by atoms with Crippen LogP contribution in [0.3, 0.4) is 0 Å². The van der Waals surface area contributed by atoms with Gasteiger partial charge in [0.1, 0.15) is 0 Å². The Bertz CT molecular complexity index is 266. The van der Waals surface area contributed by atoms with Crippen LogP contribution in [-0.4, -0.2) is 49.9 Å². The highest BCUT2D eigenvalue weighted by molar-refractivity contribution is 5.79. The van der Waals surface area contributed by atoms with E-state index in [9.17, 15) is 4.79 Å². The molecule has 0 unspecified atom stereocenters. The van der Waals surface area contributed by atoms with Crippen LogP contribution in [0.2, 0.25) is 0 Å². The van der Waals surface area contributed by atoms with Crippen molar-refractivity contribution in [2.75, 3.05) is 28.2 Å². The van der Waals surface area contributed by atoms with Crippen molar-refractivity contribution in [1.29, 1.82) is 0 Å². The fourth-order valence-corrected chi connectivity index (χ4v) is 1.75. The van der Waals surface area contributed by atoms with E-state index in [0.29, 0.717) is 12.4 Å². The van der Waals surface area contributed by atoms with Gasteiger partial charge in [-0.15, -0.1) is 0 Å². The summed E-state index contributed by atoms with van der Waals surface area (Å²) in [5.74, 6) is 0.369. The summed E-state index contributed by atoms with van der Waals surface area (Å²) in [6.07, 6.45) is 7.41. The molecule has 5 nitrogen and oxygen atoms in total. The fraction of sp³-hybridized carbons (Fsp3) is 0.857. The highest BCUT2D eigenvalue weighted by Gasteiger charge is 2.08. The largest absolute Gasteiger partial charge is 0.346 e. The zero-order chi connectivity index (χ0) is 14.7. The van der Waals surface area contributed by atoms with Crippen LogP contribution in [0.15, 0.2) is 5.16 Å². The van der Waals surface area contributed by atoms with Crippen LogP contribution in [0.5, 0.6) is 0 Å². The summed E-state index contributed by atoms with van der Waals surface area (Å²) in [7, 11) is 7.45. The average Bonchev–Trinajstić information content (AvgIpc) is 2.33. The molecule has 0 saturated carbocycles. The lowest BCUT2D eigenvalue weighted by Crippen LogP contribution is -2.35. The number of carbonyl (C=O) groups excluding carboxylic acids is 1. The predicted molar refractivity (Wildman–Crippen MR) is 78.9 cm³/mol. The summed E-state index contributed by atoms with van der Waals surface area (Å²) < 4.78 is 0. The number of nitrogens with zero attached hydrogens (tertiary/aromatic N) is 3. The number of rotatable bonds is 8. The van der Waals surface area contributed by atoms with Gasteiger partial charge >= 0.3 is 5.97 Å². The zero-order valence-corrected chi connectivity index (χ0v) is 13.1. The molecule has 0 rings (SSSR count). The monoisotopic (exact) mass is 271 g/mol. The number of hydrogen-bond donors (Lipinski definition) is 0. The Kier molecular flexibility index (Phi) is 9.94. The summed E-state index contributed by atoms with van der Waals surface area (Å²) >= 11 is 0. The van der Waals surface area contributed by atoms with E-state index in [1.807, 2.05) is 28.2 Å². The van der Waals surface area contributed by atoms with Gasteiger partial charge in [-0.2, -0.15) is 0 Å². The van der Waals surface area contributed by atoms with Crippen molar-refractivity contribution in [1.82, 2.24) is 9.80 Å². The third kappa shape index (κ3) is 9.33. The number of unbranched alkanes of at least 4 members (excludes halogenated alkanes) is 5. The number of hydrogen-bond acceptors (Lipinski definition) is 3. The highest BCUT2D eigenvalue weighted by Crippen LogP contribution is 2.07. The molecule has 0 aromatic heterocycles. The second-order valence-corrected chi connectivity index (χ2v) is 5.16. The topological polar surface area (TPSA) is 45.1 Å². The SMILES string of the molecule is CCCCCCCCC(=O)ON=C(N(C)C)N(C)C. The minimum Gasteiger partial charge on any atom is -0.346 e. The minimum absolute atomic E-state index is 0.253. The summed E-state index contributed by atoms with van der Waals surface area (Å²) in [6, 6.07) is 0. The van der Waals surface area contributed by atoms with Crippen LogP contribution in [0.4, 0.5) is 0 Å². The first-order valence-corrected chi connectivity index (χ1v) is 7.11. The summed E-state index contributed by atoms with van der Waals surface area (Å²) in [5.41, 5.74) is 0. The molecule has 0 amide bonds. The van der Waals surface area contributed by atoms with Gasteiger partial charge in [-0.1, -0.05) is 39.0 Å². The Morgan fingerprint density at radius 1 is 0.947 bits per heavy atom. The van der Waals surface area contributed by atoms with Crippen molar-refractivity contribution in [3.05, 3.63) is 0 Å². The molecule has 0 fully saturated rings. The van der Waals surface area contributed by atoms with Crippen LogP contribution < -0.4 is 0 Å². The number of oxime groups is 1. The Hall–Kier alpha value is -1.26. The van der Waals surface area contributed by atoms with Crippen molar-refractivity contribution in [3.8, 4) is 0 Å². The molecule has 0 aromatic carbocycles. The smallest absolute Gasteiger partial charge is 0.335 e. The third-order valence-corrected chi connectivity index (χ3v) is 2.76. The Morgan fingerprint density at radius 2 is 1.47 bits per heavy atom. The number of guanidine groups is 1. The highest BCUT2D eigenvalue weighted by atomic mass is 16.7. The van der Waals surface area contributed by atoms with Gasteiger partial charge in [0.05, 0.1) is 0 Å². The molecule has 0 aromatic rings. The molecule has 0 aliphatic heterocycles. The van der Waals surface area contributed by atoms with Gasteiger partial charge in [0.25, 0.3) is 0 Å². The average molecular weight is 271 g/mol. The van der Waals surface area contributed by atoms with E-state index >= 15 is 0 Å². The first-order chi connectivity index (χ1) is 8.99. The molecule has 5 heteroatoms. The molecule has 112 valence electrons. The Labute approximate surface area is 117 Å². The Balaban J connectivity index is 3.82. The number of carbonyl (C=O) groups is 1. The first-order valence-electron chi connectivity index (χ1n) is 7.11. The van der Waals surface area contributed by atoms with Crippen LogP contribution in [-0.2, 0) is 9.63 Å². The van der Waals surface area contributed by atoms with E-state index < -0.39 is 0 Å². The lowest BCUT2D eigenvalue weighted by Gasteiger charge is -2.21. The summed E-state index contributed by atoms with van der Waals surface area (Å²) in [6.45, 7) is 2.20. The summed E-state index contributed by atoms with van der Waals surface area (Å²) in [5, 5.41) is 3.87. The van der Waals surface area contributed by atoms with Crippen LogP contribution >= 0.6 is 0 Å². The molecule has 0 saturated heterocycles. The zero-order valence-electron chi connectivity index (χ0n) is 13.1. The maximum absolute atomic E-state index is 11.5. The van der Waals surface area contributed by atoms with Crippen molar-refractivity contribution >= 4 is 11.9 Å². The van der Waals surface area contributed by atoms with Gasteiger partial charge in [-0.25, -0.2) is 4.79 Å². The van der Waals surface area contributed by atoms with Crippen molar-refractivity contribution in [2.24, 2.45) is 5.16 Å². The molecular formula is C14H29N3O2. The van der Waals surface area contributed by atoms with Gasteiger partial charge in [0, 0.05) is 34.6 Å². The standard InChI is InChI=1S/C14H29N3O2/c1-6-7-8-9-10-11-12-13(18)19-15-14(16(2)3)17(4)5/h6-12H2,1-5H3. The molecule has 19 heavy (non-hydrogen) atoms. The molecule has 0 aliphatic rings. The van der Waals surface area contributed by atoms with Gasteiger partial charge in [-0.3, -0.25) is 0 Å². The Morgan fingerprint density at radius 3 is 2.00 bits per heavy atom. The van der Waals surface area contributed by atoms with Gasteiger partial charge in [0.2, 0.25) is 5.96 Å². The fourth-order valence-electron chi connectivity index (χ4n) is 1.75. The second-order valence-electron chi connectivity index (χ2n) is 5.16. The lowest BCUT2D eigenvalue weighted by molar-refractivity contribution is -0.144. The molecule has 0 N–H and O–H groups in total. The predicted octanol–water partition coefficient (Wildman–Crippen LogP) is 2.67. The van der Waals surface area contributed by atoms with E-state index in [1.165, 1.54) is 25.7 Å². The maximum Gasteiger partial charge on any atom is 0.335 e. The van der Waals surface area contributed by atoms with E-state index in [2.05, 4.69) is 12.1 Å². The first kappa shape index (κ1) is 17.7. The van der Waals surface area contributed by atoms with Gasteiger partial charge in [0.15, 0.2) is 0 Å². The van der Waals surface area contributed by atoms with Crippen molar-refractivity contribution < 1.29 is 9.63 Å². The molecule has 0 heterocycles. The van der Waals surface area contributed by atoms with E-state index in [4.69, 9.17) is 4.84 Å². The van der Waals surface area contributed by atoms with Crippen molar-refractivity contribution in [3.63, 3.8) is 0 Å². The van der Waals surface area contributed by atoms with Crippen molar-refractivity contribution in [2.45, 2.75) is 51.9 Å². The van der Waals surface area contributed by atoms with Gasteiger partial charge < -0.3 is 14.6 Å². The van der Waals surface area contributed by atoms with Crippen LogP contribution in [0.1, 0.15) is 51.9 Å². The summed E-state index contributed by atoms with van der Waals surface area (Å²) in [4.78, 5) is 20.0. The van der Waals surface area contributed by atoms with E-state index in [1.54, 1.807) is 9.80 Å². The third-order valence-electron chi connectivity index (χ3n) is 2.76. The molecule has 0 bridgehead atoms. The van der Waals surface area contributed by atoms with Gasteiger partial charge in [-0.05, 0) is 11.6 Å². The molecular weight excluding hydrogens is 242 g/mol.